The highest BCUT2D eigenvalue weighted by Crippen LogP contribution is 2.25. The van der Waals surface area contributed by atoms with Gasteiger partial charge in [0.05, 0.1) is 12.8 Å². The number of hydrogen-bond acceptors (Lipinski definition) is 5. The second kappa shape index (κ2) is 8.69. The molecule has 0 saturated carbocycles. The second-order valence-electron chi connectivity index (χ2n) is 5.05. The summed E-state index contributed by atoms with van der Waals surface area (Å²) in [5.74, 6) is 1.50. The number of halogens is 1. The molecule has 7 heteroatoms. The number of aromatic nitrogens is 3. The van der Waals surface area contributed by atoms with Gasteiger partial charge in [-0.15, -0.1) is 10.2 Å². The van der Waals surface area contributed by atoms with Gasteiger partial charge in [-0.2, -0.15) is 9.78 Å². The summed E-state index contributed by atoms with van der Waals surface area (Å²) >= 11 is 7.72. The molecule has 0 saturated heterocycles. The van der Waals surface area contributed by atoms with E-state index in [2.05, 4.69) is 15.3 Å². The van der Waals surface area contributed by atoms with Crippen LogP contribution >= 0.6 is 23.4 Å². The van der Waals surface area contributed by atoms with Gasteiger partial charge in [0.1, 0.15) is 12.1 Å². The lowest BCUT2D eigenvalue weighted by molar-refractivity contribution is 0.340. The van der Waals surface area contributed by atoms with E-state index in [4.69, 9.17) is 16.3 Å². The Kier molecular flexibility index (Phi) is 6.09. The zero-order valence-electron chi connectivity index (χ0n) is 13.7. The summed E-state index contributed by atoms with van der Waals surface area (Å²) in [7, 11) is 0. The number of ether oxygens (including phenoxy) is 1. The van der Waals surface area contributed by atoms with Crippen molar-refractivity contribution < 1.29 is 4.74 Å². The fraction of sp³-hybridized carbons (Fsp3) is 0.167. The summed E-state index contributed by atoms with van der Waals surface area (Å²) in [6.45, 7) is 2.56. The van der Waals surface area contributed by atoms with E-state index < -0.39 is 0 Å². The Hall–Kier alpha value is -2.31. The lowest BCUT2D eigenvalue weighted by atomic mass is 10.2. The molecule has 0 fully saturated rings. The van der Waals surface area contributed by atoms with Crippen molar-refractivity contribution in [3.8, 4) is 5.75 Å². The van der Waals surface area contributed by atoms with Gasteiger partial charge in [0.25, 0.3) is 0 Å². The quantitative estimate of drug-likeness (QED) is 0.452. The maximum absolute atomic E-state index is 6.19. The van der Waals surface area contributed by atoms with E-state index in [0.29, 0.717) is 17.5 Å². The molecule has 3 rings (SSSR count). The molecule has 0 atom stereocenters. The zero-order chi connectivity index (χ0) is 17.5. The lowest BCUT2D eigenvalue weighted by Crippen LogP contribution is -1.97. The van der Waals surface area contributed by atoms with Crippen molar-refractivity contribution in [1.82, 2.24) is 14.9 Å². The van der Waals surface area contributed by atoms with E-state index >= 15 is 0 Å². The van der Waals surface area contributed by atoms with Gasteiger partial charge in [0.15, 0.2) is 0 Å². The van der Waals surface area contributed by atoms with E-state index in [9.17, 15) is 0 Å². The van der Waals surface area contributed by atoms with Crippen LogP contribution in [0, 0.1) is 0 Å². The standard InChI is InChI=1S/C18H17ClN4OS/c1-2-24-17-10-6-4-7-14(17)11-21-23-13-20-22-18(23)25-12-15-8-3-5-9-16(15)19/h3-11,13H,2,12H2,1H3/b21-11+. The Morgan fingerprint density at radius 3 is 2.84 bits per heavy atom. The van der Waals surface area contributed by atoms with Gasteiger partial charge in [-0.25, -0.2) is 0 Å². The van der Waals surface area contributed by atoms with Crippen LogP contribution in [-0.2, 0) is 5.75 Å². The Balaban J connectivity index is 1.73. The number of nitrogens with zero attached hydrogens (tertiary/aromatic N) is 4. The predicted octanol–water partition coefficient (Wildman–Crippen LogP) is 4.50. The SMILES string of the molecule is CCOc1ccccc1/C=N/n1cnnc1SCc1ccccc1Cl. The maximum Gasteiger partial charge on any atom is 0.212 e. The third-order valence-corrected chi connectivity index (χ3v) is 4.71. The maximum atomic E-state index is 6.19. The first-order valence-electron chi connectivity index (χ1n) is 7.80. The highest BCUT2D eigenvalue weighted by molar-refractivity contribution is 7.98. The lowest BCUT2D eigenvalue weighted by Gasteiger charge is -2.06. The van der Waals surface area contributed by atoms with Gasteiger partial charge in [0.2, 0.25) is 5.16 Å². The van der Waals surface area contributed by atoms with Gasteiger partial charge in [-0.05, 0) is 30.7 Å². The van der Waals surface area contributed by atoms with Crippen LogP contribution in [0.5, 0.6) is 5.75 Å². The van der Waals surface area contributed by atoms with Crippen LogP contribution in [0.2, 0.25) is 5.02 Å². The van der Waals surface area contributed by atoms with Crippen LogP contribution in [0.1, 0.15) is 18.1 Å². The minimum atomic E-state index is 0.608. The monoisotopic (exact) mass is 372 g/mol. The molecule has 0 aliphatic heterocycles. The summed E-state index contributed by atoms with van der Waals surface area (Å²) in [6.07, 6.45) is 3.32. The van der Waals surface area contributed by atoms with Crippen molar-refractivity contribution in [3.63, 3.8) is 0 Å². The third kappa shape index (κ3) is 4.61. The fourth-order valence-electron chi connectivity index (χ4n) is 2.15. The van der Waals surface area contributed by atoms with Crippen molar-refractivity contribution in [2.24, 2.45) is 5.10 Å². The minimum Gasteiger partial charge on any atom is -0.493 e. The molecule has 25 heavy (non-hydrogen) atoms. The molecule has 0 radical (unpaired) electrons. The summed E-state index contributed by atoms with van der Waals surface area (Å²) in [6, 6.07) is 15.5. The fourth-order valence-corrected chi connectivity index (χ4v) is 3.30. The van der Waals surface area contributed by atoms with E-state index in [0.717, 1.165) is 21.9 Å². The molecule has 5 nitrogen and oxygen atoms in total. The molecule has 0 bridgehead atoms. The first-order valence-corrected chi connectivity index (χ1v) is 9.16. The molecule has 0 amide bonds. The number of rotatable bonds is 7. The van der Waals surface area contributed by atoms with Crippen LogP contribution in [0.15, 0.2) is 65.1 Å². The molecular weight excluding hydrogens is 356 g/mol. The molecule has 2 aromatic carbocycles. The molecule has 1 aromatic heterocycles. The van der Waals surface area contributed by atoms with Crippen LogP contribution in [0.3, 0.4) is 0 Å². The topological polar surface area (TPSA) is 52.3 Å². The van der Waals surface area contributed by atoms with Crippen LogP contribution < -0.4 is 4.74 Å². The van der Waals surface area contributed by atoms with Crippen LogP contribution in [-0.4, -0.2) is 27.7 Å². The Bertz CT molecular complexity index is 866. The third-order valence-electron chi connectivity index (χ3n) is 3.35. The number of para-hydroxylation sites is 1. The molecule has 0 spiro atoms. The molecule has 1 heterocycles. The first-order chi connectivity index (χ1) is 12.3. The number of hydrogen-bond donors (Lipinski definition) is 0. The smallest absolute Gasteiger partial charge is 0.212 e. The Morgan fingerprint density at radius 2 is 2.00 bits per heavy atom. The van der Waals surface area contributed by atoms with Gasteiger partial charge < -0.3 is 4.74 Å². The average Bonchev–Trinajstić information content (AvgIpc) is 3.08. The van der Waals surface area contributed by atoms with Crippen molar-refractivity contribution in [1.29, 1.82) is 0 Å². The van der Waals surface area contributed by atoms with E-state index in [-0.39, 0.29) is 0 Å². The van der Waals surface area contributed by atoms with Crippen molar-refractivity contribution in [2.45, 2.75) is 17.8 Å². The largest absolute Gasteiger partial charge is 0.493 e. The highest BCUT2D eigenvalue weighted by atomic mass is 35.5. The molecule has 0 N–H and O–H groups in total. The molecule has 128 valence electrons. The molecular formula is C18H17ClN4OS. The van der Waals surface area contributed by atoms with Crippen LogP contribution in [0.4, 0.5) is 0 Å². The molecule has 0 aliphatic rings. The van der Waals surface area contributed by atoms with Crippen molar-refractivity contribution >= 4 is 29.6 Å². The van der Waals surface area contributed by atoms with Gasteiger partial charge in [-0.3, -0.25) is 0 Å². The summed E-state index contributed by atoms with van der Waals surface area (Å²) in [5.41, 5.74) is 1.95. The van der Waals surface area contributed by atoms with Gasteiger partial charge in [-0.1, -0.05) is 53.7 Å². The summed E-state index contributed by atoms with van der Waals surface area (Å²) in [5, 5.41) is 14.0. The Labute approximate surface area is 155 Å². The highest BCUT2D eigenvalue weighted by Gasteiger charge is 2.07. The molecule has 3 aromatic rings. The first kappa shape index (κ1) is 17.5. The second-order valence-corrected chi connectivity index (χ2v) is 6.40. The number of benzene rings is 2. The normalized spacial score (nSPS) is 11.1. The molecule has 0 unspecified atom stereocenters. The summed E-state index contributed by atoms with van der Waals surface area (Å²) in [4.78, 5) is 0. The van der Waals surface area contributed by atoms with E-state index in [1.807, 2.05) is 55.5 Å². The predicted molar refractivity (Wildman–Crippen MR) is 102 cm³/mol. The van der Waals surface area contributed by atoms with Gasteiger partial charge in [0, 0.05) is 16.3 Å². The molecule has 0 aliphatic carbocycles. The van der Waals surface area contributed by atoms with Gasteiger partial charge >= 0.3 is 0 Å². The summed E-state index contributed by atoms with van der Waals surface area (Å²) < 4.78 is 7.25. The number of thioether (sulfide) groups is 1. The Morgan fingerprint density at radius 1 is 1.20 bits per heavy atom. The van der Waals surface area contributed by atoms with E-state index in [1.54, 1.807) is 17.2 Å². The van der Waals surface area contributed by atoms with Crippen LogP contribution in [0.25, 0.3) is 0 Å². The van der Waals surface area contributed by atoms with E-state index in [1.165, 1.54) is 11.8 Å². The zero-order valence-corrected chi connectivity index (χ0v) is 15.2. The van der Waals surface area contributed by atoms with Crippen molar-refractivity contribution in [2.75, 3.05) is 6.61 Å². The minimum absolute atomic E-state index is 0.608. The average molecular weight is 373 g/mol. The van der Waals surface area contributed by atoms with Crippen molar-refractivity contribution in [3.05, 3.63) is 71.0 Å².